The first-order valence-electron chi connectivity index (χ1n) is 8.39. The molecule has 0 atom stereocenters. The summed E-state index contributed by atoms with van der Waals surface area (Å²) in [5.41, 5.74) is 2.17. The number of benzene rings is 1. The average molecular weight is 354 g/mol. The summed E-state index contributed by atoms with van der Waals surface area (Å²) in [5.74, 6) is -0.113. The number of nitrogens with one attached hydrogen (secondary N) is 1. The van der Waals surface area contributed by atoms with Gasteiger partial charge in [0.05, 0.1) is 17.4 Å². The Morgan fingerprint density at radius 1 is 1.35 bits per heavy atom. The highest BCUT2D eigenvalue weighted by Crippen LogP contribution is 2.33. The zero-order valence-corrected chi connectivity index (χ0v) is 14.5. The van der Waals surface area contributed by atoms with E-state index in [-0.39, 0.29) is 11.7 Å². The molecule has 134 valence electrons. The van der Waals surface area contributed by atoms with Crippen molar-refractivity contribution in [1.29, 1.82) is 0 Å². The predicted molar refractivity (Wildman–Crippen MR) is 97.0 cm³/mol. The van der Waals surface area contributed by atoms with Crippen molar-refractivity contribution in [1.82, 2.24) is 14.5 Å². The molecule has 0 bridgehead atoms. The first kappa shape index (κ1) is 16.5. The third-order valence-electron chi connectivity index (χ3n) is 4.69. The molecule has 1 aromatic carbocycles. The molecule has 1 aliphatic rings. The molecule has 0 unspecified atom stereocenters. The number of rotatable bonds is 3. The van der Waals surface area contributed by atoms with E-state index in [4.69, 9.17) is 0 Å². The molecule has 0 radical (unpaired) electrons. The van der Waals surface area contributed by atoms with Gasteiger partial charge in [0.15, 0.2) is 0 Å². The van der Waals surface area contributed by atoms with Gasteiger partial charge in [-0.1, -0.05) is 6.07 Å². The number of nitrogens with zero attached hydrogens (tertiary/aromatic N) is 3. The Bertz CT molecular complexity index is 1010. The first-order chi connectivity index (χ1) is 12.5. The molecule has 4 rings (SSSR count). The van der Waals surface area contributed by atoms with Crippen LogP contribution in [0.15, 0.2) is 36.5 Å². The van der Waals surface area contributed by atoms with E-state index in [2.05, 4.69) is 10.3 Å². The second-order valence-corrected chi connectivity index (χ2v) is 6.63. The summed E-state index contributed by atoms with van der Waals surface area (Å²) >= 11 is 0. The fraction of sp³-hybridized carbons (Fsp3) is 0.263. The molecule has 1 fully saturated rings. The Morgan fingerprint density at radius 2 is 2.12 bits per heavy atom. The summed E-state index contributed by atoms with van der Waals surface area (Å²) < 4.78 is 16.1. The van der Waals surface area contributed by atoms with Gasteiger partial charge >= 0.3 is 0 Å². The summed E-state index contributed by atoms with van der Waals surface area (Å²) in [6.07, 6.45) is 1.17. The number of carbonyl (C=O) groups is 1. The van der Waals surface area contributed by atoms with Gasteiger partial charge in [-0.15, -0.1) is 0 Å². The van der Waals surface area contributed by atoms with E-state index in [0.717, 1.165) is 5.56 Å². The van der Waals surface area contributed by atoms with Crippen LogP contribution in [-0.4, -0.2) is 44.7 Å². The molecule has 0 saturated carbocycles. The van der Waals surface area contributed by atoms with E-state index in [0.29, 0.717) is 41.2 Å². The van der Waals surface area contributed by atoms with Crippen LogP contribution in [0.2, 0.25) is 0 Å². The first-order valence-corrected chi connectivity index (χ1v) is 8.39. The molecular weight excluding hydrogens is 335 g/mol. The molecule has 7 heteroatoms. The molecule has 0 aliphatic carbocycles. The standard InChI is InChI=1S/C19H19FN4O2/c1-11-5-6-15(14(20)8-11)22-18-16(19(26)24-9-12(25)10-24)13-4-3-7-21-17(13)23(18)2/h3-8,12,22,25H,9-10H2,1-2H3. The normalized spacial score (nSPS) is 14.5. The molecule has 1 saturated heterocycles. The molecule has 3 aromatic rings. The number of anilines is 2. The van der Waals surface area contributed by atoms with Gasteiger partial charge in [-0.05, 0) is 36.8 Å². The van der Waals surface area contributed by atoms with Crippen LogP contribution in [0.5, 0.6) is 0 Å². The number of fused-ring (bicyclic) bond motifs is 1. The van der Waals surface area contributed by atoms with E-state index >= 15 is 0 Å². The minimum absolute atomic E-state index is 0.205. The number of halogens is 1. The molecule has 26 heavy (non-hydrogen) atoms. The molecule has 3 heterocycles. The fourth-order valence-corrected chi connectivity index (χ4v) is 3.25. The van der Waals surface area contributed by atoms with Crippen LogP contribution in [0.4, 0.5) is 15.9 Å². The molecule has 6 nitrogen and oxygen atoms in total. The van der Waals surface area contributed by atoms with Crippen molar-refractivity contribution in [3.05, 3.63) is 53.5 Å². The molecular formula is C19H19FN4O2. The average Bonchev–Trinajstić information content (AvgIpc) is 2.87. The summed E-state index contributed by atoms with van der Waals surface area (Å²) in [6, 6.07) is 8.48. The number of likely N-dealkylation sites (tertiary alicyclic amines) is 1. The van der Waals surface area contributed by atoms with Crippen LogP contribution in [0.1, 0.15) is 15.9 Å². The lowest BCUT2D eigenvalue weighted by Gasteiger charge is -2.36. The maximum atomic E-state index is 14.3. The summed E-state index contributed by atoms with van der Waals surface area (Å²) in [4.78, 5) is 18.9. The maximum absolute atomic E-state index is 14.3. The number of hydrogen-bond acceptors (Lipinski definition) is 4. The van der Waals surface area contributed by atoms with Crippen LogP contribution in [0.25, 0.3) is 11.0 Å². The van der Waals surface area contributed by atoms with E-state index < -0.39 is 6.10 Å². The molecule has 2 aromatic heterocycles. The van der Waals surface area contributed by atoms with Crippen molar-refractivity contribution in [3.8, 4) is 0 Å². The highest BCUT2D eigenvalue weighted by Gasteiger charge is 2.33. The smallest absolute Gasteiger partial charge is 0.258 e. The highest BCUT2D eigenvalue weighted by atomic mass is 19.1. The second-order valence-electron chi connectivity index (χ2n) is 6.63. The van der Waals surface area contributed by atoms with Crippen molar-refractivity contribution in [2.45, 2.75) is 13.0 Å². The number of aliphatic hydroxyl groups is 1. The molecule has 1 aliphatic heterocycles. The topological polar surface area (TPSA) is 70.4 Å². The minimum Gasteiger partial charge on any atom is -0.389 e. The van der Waals surface area contributed by atoms with Crippen LogP contribution in [-0.2, 0) is 7.05 Å². The molecule has 0 spiro atoms. The highest BCUT2D eigenvalue weighted by molar-refractivity contribution is 6.12. The van der Waals surface area contributed by atoms with Gasteiger partial charge in [0.25, 0.3) is 5.91 Å². The molecule has 1 amide bonds. The third kappa shape index (κ3) is 2.61. The van der Waals surface area contributed by atoms with Gasteiger partial charge in [0, 0.05) is 31.7 Å². The van der Waals surface area contributed by atoms with Gasteiger partial charge in [0.2, 0.25) is 0 Å². The Balaban J connectivity index is 1.83. The van der Waals surface area contributed by atoms with Crippen LogP contribution < -0.4 is 5.32 Å². The quantitative estimate of drug-likeness (QED) is 0.758. The number of carbonyl (C=O) groups excluding carboxylic acids is 1. The lowest BCUT2D eigenvalue weighted by Crippen LogP contribution is -2.53. The van der Waals surface area contributed by atoms with E-state index in [1.54, 1.807) is 40.9 Å². The van der Waals surface area contributed by atoms with Gasteiger partial charge in [-0.2, -0.15) is 0 Å². The summed E-state index contributed by atoms with van der Waals surface area (Å²) in [6.45, 7) is 2.42. The van der Waals surface area contributed by atoms with Gasteiger partial charge in [-0.3, -0.25) is 4.79 Å². The van der Waals surface area contributed by atoms with Crippen molar-refractivity contribution in [3.63, 3.8) is 0 Å². The summed E-state index contributed by atoms with van der Waals surface area (Å²) in [7, 11) is 1.78. The molecule has 2 N–H and O–H groups in total. The second kappa shape index (κ2) is 6.10. The number of aliphatic hydroxyl groups excluding tert-OH is 1. The van der Waals surface area contributed by atoms with Crippen LogP contribution >= 0.6 is 0 Å². The Kier molecular flexibility index (Phi) is 3.88. The zero-order chi connectivity index (χ0) is 18.4. The number of aryl methyl sites for hydroxylation is 2. The van der Waals surface area contributed by atoms with Gasteiger partial charge in [0.1, 0.15) is 17.3 Å². The predicted octanol–water partition coefficient (Wildman–Crippen LogP) is 2.58. The number of hydrogen-bond donors (Lipinski definition) is 2. The monoisotopic (exact) mass is 354 g/mol. The van der Waals surface area contributed by atoms with E-state index in [1.807, 2.05) is 13.0 Å². The van der Waals surface area contributed by atoms with Crippen molar-refractivity contribution in [2.24, 2.45) is 7.05 Å². The minimum atomic E-state index is -0.488. The number of amides is 1. The Morgan fingerprint density at radius 3 is 2.81 bits per heavy atom. The van der Waals surface area contributed by atoms with Crippen molar-refractivity contribution < 1.29 is 14.3 Å². The number of pyridine rings is 1. The van der Waals surface area contributed by atoms with Gasteiger partial charge < -0.3 is 19.9 Å². The SMILES string of the molecule is Cc1ccc(Nc2c(C(=O)N3CC(O)C3)c3cccnc3n2C)c(F)c1. The zero-order valence-electron chi connectivity index (χ0n) is 14.5. The Hall–Kier alpha value is -2.93. The van der Waals surface area contributed by atoms with Crippen molar-refractivity contribution >= 4 is 28.4 Å². The fourth-order valence-electron chi connectivity index (χ4n) is 3.25. The van der Waals surface area contributed by atoms with E-state index in [1.165, 1.54) is 6.07 Å². The maximum Gasteiger partial charge on any atom is 0.258 e. The Labute approximate surface area is 149 Å². The van der Waals surface area contributed by atoms with E-state index in [9.17, 15) is 14.3 Å². The number of aromatic nitrogens is 2. The van der Waals surface area contributed by atoms with Crippen LogP contribution in [0, 0.1) is 12.7 Å². The van der Waals surface area contributed by atoms with Gasteiger partial charge in [-0.25, -0.2) is 9.37 Å². The number of β-amino-alcohol motifs (C(OH)–C–C–N with tert-alkyl or cyclic N) is 1. The summed E-state index contributed by atoms with van der Waals surface area (Å²) in [5, 5.41) is 13.3. The third-order valence-corrected chi connectivity index (χ3v) is 4.69. The lowest BCUT2D eigenvalue weighted by molar-refractivity contribution is 0.00608. The van der Waals surface area contributed by atoms with Crippen LogP contribution in [0.3, 0.4) is 0 Å². The van der Waals surface area contributed by atoms with Crippen molar-refractivity contribution in [2.75, 3.05) is 18.4 Å². The largest absolute Gasteiger partial charge is 0.389 e. The lowest BCUT2D eigenvalue weighted by atomic mass is 10.1.